The van der Waals surface area contributed by atoms with Crippen LogP contribution in [-0.2, 0) is 6.42 Å². The Morgan fingerprint density at radius 1 is 1.12 bits per heavy atom. The topological polar surface area (TPSA) is 46.9 Å². The molecule has 0 radical (unpaired) electrons. The van der Waals surface area contributed by atoms with Gasteiger partial charge in [-0.15, -0.1) is 5.10 Å². The van der Waals surface area contributed by atoms with Crippen molar-refractivity contribution in [1.82, 2.24) is 9.78 Å². The molecule has 1 aromatic heterocycles. The highest BCUT2D eigenvalue weighted by Gasteiger charge is 2.31. The molecular formula is C21H20ClN3O. The van der Waals surface area contributed by atoms with Crippen molar-refractivity contribution in [1.29, 1.82) is 0 Å². The number of hydrogen-bond donors (Lipinski definition) is 1. The monoisotopic (exact) mass is 365 g/mol. The fourth-order valence-corrected chi connectivity index (χ4v) is 3.67. The number of rotatable bonds is 3. The maximum atomic E-state index is 12.8. The Bertz CT molecular complexity index is 978. The number of fused-ring (bicyclic) bond motifs is 1. The number of anilines is 2. The van der Waals surface area contributed by atoms with Crippen LogP contribution in [0.15, 0.2) is 48.5 Å². The van der Waals surface area contributed by atoms with E-state index in [0.717, 1.165) is 29.1 Å². The Morgan fingerprint density at radius 2 is 1.88 bits per heavy atom. The summed E-state index contributed by atoms with van der Waals surface area (Å²) in [5.41, 5.74) is 4.44. The predicted octanol–water partition coefficient (Wildman–Crippen LogP) is 5.34. The number of hydrogen-bond acceptors (Lipinski definition) is 3. The molecule has 1 N–H and O–H groups in total. The van der Waals surface area contributed by atoms with Crippen molar-refractivity contribution in [3.8, 4) is 5.69 Å². The van der Waals surface area contributed by atoms with E-state index in [-0.39, 0.29) is 5.78 Å². The Labute approximate surface area is 157 Å². The Hall–Kier alpha value is -2.59. The average Bonchev–Trinajstić information content (AvgIpc) is 2.98. The van der Waals surface area contributed by atoms with Gasteiger partial charge >= 0.3 is 0 Å². The first-order valence-corrected chi connectivity index (χ1v) is 9.15. The molecule has 0 saturated heterocycles. The number of benzene rings is 2. The van der Waals surface area contributed by atoms with Gasteiger partial charge < -0.3 is 5.32 Å². The van der Waals surface area contributed by atoms with Crippen molar-refractivity contribution < 1.29 is 4.79 Å². The van der Waals surface area contributed by atoms with Crippen molar-refractivity contribution in [2.75, 3.05) is 5.32 Å². The molecule has 4 nitrogen and oxygen atoms in total. The van der Waals surface area contributed by atoms with Crippen LogP contribution in [0.2, 0.25) is 5.02 Å². The van der Waals surface area contributed by atoms with Gasteiger partial charge in [-0.3, -0.25) is 4.79 Å². The predicted molar refractivity (Wildman–Crippen MR) is 105 cm³/mol. The van der Waals surface area contributed by atoms with Crippen LogP contribution in [0.3, 0.4) is 0 Å². The minimum Gasteiger partial charge on any atom is -0.338 e. The van der Waals surface area contributed by atoms with E-state index in [1.54, 1.807) is 0 Å². The standard InChI is InChI=1S/C21H20ClN3O/c1-13-11-18-20(19(26)12-13)21(23-17-10-6-9-16(22)14(17)2)24-25(18)15-7-4-3-5-8-15/h3-10,13H,11-12H2,1-2H3,(H,23,24)/t13-/m0/s1. The minimum absolute atomic E-state index is 0.142. The Morgan fingerprint density at radius 3 is 2.65 bits per heavy atom. The summed E-state index contributed by atoms with van der Waals surface area (Å²) < 4.78 is 1.89. The lowest BCUT2D eigenvalue weighted by molar-refractivity contribution is 0.0953. The highest BCUT2D eigenvalue weighted by Crippen LogP contribution is 2.35. The zero-order chi connectivity index (χ0) is 18.3. The minimum atomic E-state index is 0.142. The molecule has 3 aromatic rings. The molecule has 0 bridgehead atoms. The van der Waals surface area contributed by atoms with Crippen molar-refractivity contribution in [3.05, 3.63) is 70.4 Å². The van der Waals surface area contributed by atoms with Gasteiger partial charge in [-0.2, -0.15) is 0 Å². The number of aromatic nitrogens is 2. The zero-order valence-corrected chi connectivity index (χ0v) is 15.5. The lowest BCUT2D eigenvalue weighted by Gasteiger charge is -2.19. The summed E-state index contributed by atoms with van der Waals surface area (Å²) in [5, 5.41) is 8.78. The van der Waals surface area contributed by atoms with Gasteiger partial charge in [0.15, 0.2) is 11.6 Å². The molecule has 1 atom stereocenters. The Balaban J connectivity index is 1.85. The average molecular weight is 366 g/mol. The molecule has 132 valence electrons. The fraction of sp³-hybridized carbons (Fsp3) is 0.238. The normalized spacial score (nSPS) is 16.4. The van der Waals surface area contributed by atoms with Crippen LogP contribution < -0.4 is 5.32 Å². The molecular weight excluding hydrogens is 346 g/mol. The number of carbonyl (C=O) groups excluding carboxylic acids is 1. The number of para-hydroxylation sites is 1. The number of carbonyl (C=O) groups is 1. The van der Waals surface area contributed by atoms with Gasteiger partial charge in [-0.05, 0) is 49.1 Å². The Kier molecular flexibility index (Phi) is 4.29. The van der Waals surface area contributed by atoms with E-state index >= 15 is 0 Å². The van der Waals surface area contributed by atoms with E-state index < -0.39 is 0 Å². The van der Waals surface area contributed by atoms with E-state index in [1.807, 2.05) is 60.1 Å². The summed E-state index contributed by atoms with van der Waals surface area (Å²) in [5.74, 6) is 1.06. The van der Waals surface area contributed by atoms with Crippen LogP contribution in [0, 0.1) is 12.8 Å². The van der Waals surface area contributed by atoms with Gasteiger partial charge in [0.05, 0.1) is 16.9 Å². The first kappa shape index (κ1) is 16.9. The molecule has 26 heavy (non-hydrogen) atoms. The zero-order valence-electron chi connectivity index (χ0n) is 14.8. The van der Waals surface area contributed by atoms with Gasteiger partial charge in [0.1, 0.15) is 0 Å². The highest BCUT2D eigenvalue weighted by atomic mass is 35.5. The second-order valence-corrected chi connectivity index (χ2v) is 7.30. The van der Waals surface area contributed by atoms with Crippen molar-refractivity contribution in [2.45, 2.75) is 26.7 Å². The smallest absolute Gasteiger partial charge is 0.168 e. The number of halogens is 1. The van der Waals surface area contributed by atoms with E-state index in [0.29, 0.717) is 28.7 Å². The summed E-state index contributed by atoms with van der Waals surface area (Å²) in [4.78, 5) is 12.8. The van der Waals surface area contributed by atoms with Crippen molar-refractivity contribution in [3.63, 3.8) is 0 Å². The summed E-state index contributed by atoms with van der Waals surface area (Å²) in [6.07, 6.45) is 1.38. The van der Waals surface area contributed by atoms with Crippen LogP contribution in [0.5, 0.6) is 0 Å². The molecule has 1 aliphatic carbocycles. The van der Waals surface area contributed by atoms with Gasteiger partial charge in [0.2, 0.25) is 0 Å². The van der Waals surface area contributed by atoms with Gasteiger partial charge in [-0.25, -0.2) is 4.68 Å². The van der Waals surface area contributed by atoms with Crippen LogP contribution in [0.4, 0.5) is 11.5 Å². The third kappa shape index (κ3) is 2.90. The summed E-state index contributed by atoms with van der Waals surface area (Å²) in [6.45, 7) is 4.06. The van der Waals surface area contributed by atoms with Crippen molar-refractivity contribution >= 4 is 28.9 Å². The largest absolute Gasteiger partial charge is 0.338 e. The van der Waals surface area contributed by atoms with Crippen molar-refractivity contribution in [2.24, 2.45) is 5.92 Å². The molecule has 1 heterocycles. The molecule has 0 amide bonds. The number of nitrogens with zero attached hydrogens (tertiary/aromatic N) is 2. The highest BCUT2D eigenvalue weighted by molar-refractivity contribution is 6.31. The number of ketones is 1. The van der Waals surface area contributed by atoms with E-state index in [1.165, 1.54) is 0 Å². The SMILES string of the molecule is Cc1c(Cl)cccc1Nc1nn(-c2ccccc2)c2c1C(=O)C[C@@H](C)C2. The van der Waals surface area contributed by atoms with Crippen LogP contribution in [0.1, 0.15) is 35.0 Å². The lowest BCUT2D eigenvalue weighted by atomic mass is 9.87. The lowest BCUT2D eigenvalue weighted by Crippen LogP contribution is -2.19. The molecule has 0 fully saturated rings. The van der Waals surface area contributed by atoms with E-state index in [2.05, 4.69) is 12.2 Å². The molecule has 2 aromatic carbocycles. The fourth-order valence-electron chi connectivity index (χ4n) is 3.50. The second kappa shape index (κ2) is 6.61. The summed E-state index contributed by atoms with van der Waals surface area (Å²) >= 11 is 6.24. The van der Waals surface area contributed by atoms with E-state index in [9.17, 15) is 4.79 Å². The first-order valence-electron chi connectivity index (χ1n) is 8.77. The number of nitrogens with one attached hydrogen (secondary N) is 1. The summed E-state index contributed by atoms with van der Waals surface area (Å²) in [7, 11) is 0. The second-order valence-electron chi connectivity index (χ2n) is 6.89. The molecule has 0 spiro atoms. The van der Waals surface area contributed by atoms with Crippen LogP contribution in [-0.4, -0.2) is 15.6 Å². The molecule has 0 aliphatic heterocycles. The van der Waals surface area contributed by atoms with Gasteiger partial charge in [-0.1, -0.05) is 42.8 Å². The van der Waals surface area contributed by atoms with Crippen LogP contribution >= 0.6 is 11.6 Å². The van der Waals surface area contributed by atoms with Crippen LogP contribution in [0.25, 0.3) is 5.69 Å². The maximum Gasteiger partial charge on any atom is 0.168 e. The third-order valence-electron chi connectivity index (χ3n) is 4.86. The molecule has 1 aliphatic rings. The van der Waals surface area contributed by atoms with Gasteiger partial charge in [0.25, 0.3) is 0 Å². The molecule has 5 heteroatoms. The molecule has 0 saturated carbocycles. The summed E-state index contributed by atoms with van der Waals surface area (Å²) in [6, 6.07) is 15.6. The van der Waals surface area contributed by atoms with E-state index in [4.69, 9.17) is 16.7 Å². The number of Topliss-reactive ketones (excluding diaryl/α,β-unsaturated/α-hetero) is 1. The molecule has 0 unspecified atom stereocenters. The quantitative estimate of drug-likeness (QED) is 0.681. The van der Waals surface area contributed by atoms with Gasteiger partial charge in [0, 0.05) is 17.1 Å². The maximum absolute atomic E-state index is 12.8. The molecule has 4 rings (SSSR count). The first-order chi connectivity index (χ1) is 12.5. The third-order valence-corrected chi connectivity index (χ3v) is 5.27.